The predicted octanol–water partition coefficient (Wildman–Crippen LogP) is 3.13. The zero-order valence-corrected chi connectivity index (χ0v) is 11.9. The first kappa shape index (κ1) is 13.3. The first-order valence-electron chi connectivity index (χ1n) is 6.78. The maximum Gasteiger partial charge on any atom is 0.0682 e. The third kappa shape index (κ3) is 2.35. The Labute approximate surface area is 110 Å². The quantitative estimate of drug-likeness (QED) is 0.853. The van der Waals surface area contributed by atoms with Crippen LogP contribution < -0.4 is 0 Å². The molecule has 0 radical (unpaired) electrons. The Hall–Kier alpha value is -1.15. The van der Waals surface area contributed by atoms with Gasteiger partial charge in [0, 0.05) is 23.2 Å². The predicted molar refractivity (Wildman–Crippen MR) is 76.3 cm³/mol. The van der Waals surface area contributed by atoms with Crippen LogP contribution in [0.25, 0.3) is 0 Å². The minimum atomic E-state index is 0.0832. The van der Waals surface area contributed by atoms with Gasteiger partial charge >= 0.3 is 0 Å². The summed E-state index contributed by atoms with van der Waals surface area (Å²) in [6.45, 7) is 9.84. The van der Waals surface area contributed by atoms with Crippen molar-refractivity contribution in [2.24, 2.45) is 10.4 Å². The Kier molecular flexibility index (Phi) is 3.58. The zero-order chi connectivity index (χ0) is 13.3. The highest BCUT2D eigenvalue weighted by Crippen LogP contribution is 2.31. The number of aliphatic hydroxyl groups is 1. The molecular weight excluding hydrogens is 222 g/mol. The average molecular weight is 245 g/mol. The Balaban J connectivity index is 2.62. The maximum absolute atomic E-state index is 9.35. The summed E-state index contributed by atoms with van der Waals surface area (Å²) < 4.78 is 0. The number of fused-ring (bicyclic) bond motifs is 1. The van der Waals surface area contributed by atoms with E-state index < -0.39 is 0 Å². The van der Waals surface area contributed by atoms with Crippen LogP contribution in [0.3, 0.4) is 0 Å². The van der Waals surface area contributed by atoms with Crippen molar-refractivity contribution in [3.63, 3.8) is 0 Å². The highest BCUT2D eigenvalue weighted by atomic mass is 16.3. The molecule has 1 aliphatic heterocycles. The SMILES string of the molecule is CCc1cc(CO)cc2c1C(C(C)(C)C)=NCC2. The Morgan fingerprint density at radius 1 is 1.28 bits per heavy atom. The summed E-state index contributed by atoms with van der Waals surface area (Å²) in [5.41, 5.74) is 6.36. The molecule has 1 heterocycles. The van der Waals surface area contributed by atoms with E-state index in [0.29, 0.717) is 0 Å². The number of hydrogen-bond acceptors (Lipinski definition) is 2. The molecule has 18 heavy (non-hydrogen) atoms. The lowest BCUT2D eigenvalue weighted by Crippen LogP contribution is -2.28. The second-order valence-corrected chi connectivity index (χ2v) is 6.03. The van der Waals surface area contributed by atoms with Crippen molar-refractivity contribution < 1.29 is 5.11 Å². The van der Waals surface area contributed by atoms with E-state index in [1.807, 2.05) is 0 Å². The molecule has 0 unspecified atom stereocenters. The van der Waals surface area contributed by atoms with Crippen LogP contribution in [0.1, 0.15) is 49.9 Å². The lowest BCUT2D eigenvalue weighted by atomic mass is 9.78. The van der Waals surface area contributed by atoms with Gasteiger partial charge in [0.05, 0.1) is 6.61 Å². The highest BCUT2D eigenvalue weighted by molar-refractivity contribution is 6.07. The van der Waals surface area contributed by atoms with Gasteiger partial charge in [-0.3, -0.25) is 4.99 Å². The summed E-state index contributed by atoms with van der Waals surface area (Å²) in [5.74, 6) is 0. The van der Waals surface area contributed by atoms with Gasteiger partial charge in [0.1, 0.15) is 0 Å². The number of hydrogen-bond donors (Lipinski definition) is 1. The molecule has 1 aromatic rings. The van der Waals surface area contributed by atoms with E-state index in [9.17, 15) is 5.11 Å². The van der Waals surface area contributed by atoms with E-state index in [1.165, 1.54) is 22.4 Å². The zero-order valence-electron chi connectivity index (χ0n) is 11.9. The maximum atomic E-state index is 9.35. The van der Waals surface area contributed by atoms with Gasteiger partial charge < -0.3 is 5.11 Å². The average Bonchev–Trinajstić information content (AvgIpc) is 2.35. The molecule has 0 aliphatic carbocycles. The normalized spacial score (nSPS) is 15.3. The van der Waals surface area contributed by atoms with Crippen LogP contribution in [-0.4, -0.2) is 17.4 Å². The molecule has 1 aliphatic rings. The van der Waals surface area contributed by atoms with Crippen molar-refractivity contribution in [2.45, 2.75) is 47.1 Å². The summed E-state index contributed by atoms with van der Waals surface area (Å²) in [6.07, 6.45) is 1.99. The van der Waals surface area contributed by atoms with Gasteiger partial charge in [-0.25, -0.2) is 0 Å². The second-order valence-electron chi connectivity index (χ2n) is 6.03. The Morgan fingerprint density at radius 3 is 2.56 bits per heavy atom. The summed E-state index contributed by atoms with van der Waals surface area (Å²) in [5, 5.41) is 9.35. The van der Waals surface area contributed by atoms with Crippen molar-refractivity contribution in [1.82, 2.24) is 0 Å². The van der Waals surface area contributed by atoms with E-state index in [4.69, 9.17) is 4.99 Å². The molecule has 0 spiro atoms. The fourth-order valence-corrected chi connectivity index (χ4v) is 2.69. The molecule has 1 aromatic carbocycles. The van der Waals surface area contributed by atoms with Gasteiger partial charge in [-0.15, -0.1) is 0 Å². The summed E-state index contributed by atoms with van der Waals surface area (Å²) in [6, 6.07) is 4.28. The van der Waals surface area contributed by atoms with E-state index in [-0.39, 0.29) is 12.0 Å². The second kappa shape index (κ2) is 4.85. The lowest BCUT2D eigenvalue weighted by Gasteiger charge is -2.29. The summed E-state index contributed by atoms with van der Waals surface area (Å²) in [4.78, 5) is 4.76. The van der Waals surface area contributed by atoms with Crippen LogP contribution >= 0.6 is 0 Å². The van der Waals surface area contributed by atoms with Crippen LogP contribution in [0.4, 0.5) is 0 Å². The van der Waals surface area contributed by atoms with Crippen LogP contribution in [0, 0.1) is 5.41 Å². The largest absolute Gasteiger partial charge is 0.392 e. The molecular formula is C16H23NO. The Morgan fingerprint density at radius 2 is 2.00 bits per heavy atom. The number of benzene rings is 1. The van der Waals surface area contributed by atoms with Crippen molar-refractivity contribution in [3.8, 4) is 0 Å². The molecule has 0 fully saturated rings. The first-order chi connectivity index (χ1) is 8.47. The van der Waals surface area contributed by atoms with E-state index >= 15 is 0 Å². The van der Waals surface area contributed by atoms with E-state index in [2.05, 4.69) is 39.8 Å². The van der Waals surface area contributed by atoms with Gasteiger partial charge in [0.2, 0.25) is 0 Å². The number of aliphatic imine (C=N–C) groups is 1. The molecule has 0 amide bonds. The molecule has 0 saturated heterocycles. The van der Waals surface area contributed by atoms with Crippen LogP contribution in [-0.2, 0) is 19.4 Å². The molecule has 2 nitrogen and oxygen atoms in total. The molecule has 1 N–H and O–H groups in total. The highest BCUT2D eigenvalue weighted by Gasteiger charge is 2.27. The minimum Gasteiger partial charge on any atom is -0.392 e. The fraction of sp³-hybridized carbons (Fsp3) is 0.562. The van der Waals surface area contributed by atoms with Crippen molar-refractivity contribution in [2.75, 3.05) is 6.54 Å². The van der Waals surface area contributed by atoms with Crippen LogP contribution in [0.5, 0.6) is 0 Å². The standard InChI is InChI=1S/C16H23NO/c1-5-12-8-11(10-18)9-13-6-7-17-15(14(12)13)16(2,3)4/h8-9,18H,5-7,10H2,1-4H3. The van der Waals surface area contributed by atoms with Gasteiger partial charge in [-0.2, -0.15) is 0 Å². The van der Waals surface area contributed by atoms with E-state index in [0.717, 1.165) is 24.9 Å². The number of nitrogens with zero attached hydrogens (tertiary/aromatic N) is 1. The van der Waals surface area contributed by atoms with E-state index in [1.54, 1.807) is 0 Å². The fourth-order valence-electron chi connectivity index (χ4n) is 2.69. The third-order valence-corrected chi connectivity index (χ3v) is 3.52. The molecule has 2 heteroatoms. The molecule has 98 valence electrons. The molecule has 0 saturated carbocycles. The number of aryl methyl sites for hydroxylation is 1. The van der Waals surface area contributed by atoms with Gasteiger partial charge in [-0.05, 0) is 29.5 Å². The van der Waals surface area contributed by atoms with Gasteiger partial charge in [-0.1, -0.05) is 39.8 Å². The van der Waals surface area contributed by atoms with Crippen LogP contribution in [0.15, 0.2) is 17.1 Å². The monoisotopic (exact) mass is 245 g/mol. The Bertz CT molecular complexity index is 481. The smallest absolute Gasteiger partial charge is 0.0682 e. The number of rotatable bonds is 2. The lowest BCUT2D eigenvalue weighted by molar-refractivity contribution is 0.281. The molecule has 2 rings (SSSR count). The van der Waals surface area contributed by atoms with Crippen molar-refractivity contribution in [1.29, 1.82) is 0 Å². The third-order valence-electron chi connectivity index (χ3n) is 3.52. The first-order valence-corrected chi connectivity index (χ1v) is 6.78. The summed E-state index contributed by atoms with van der Waals surface area (Å²) in [7, 11) is 0. The summed E-state index contributed by atoms with van der Waals surface area (Å²) >= 11 is 0. The van der Waals surface area contributed by atoms with Gasteiger partial charge in [0.25, 0.3) is 0 Å². The molecule has 0 aromatic heterocycles. The van der Waals surface area contributed by atoms with Crippen molar-refractivity contribution >= 4 is 5.71 Å². The van der Waals surface area contributed by atoms with Crippen LogP contribution in [0.2, 0.25) is 0 Å². The number of aliphatic hydroxyl groups excluding tert-OH is 1. The van der Waals surface area contributed by atoms with Crippen molar-refractivity contribution in [3.05, 3.63) is 34.4 Å². The molecule has 0 bridgehead atoms. The molecule has 0 atom stereocenters. The topological polar surface area (TPSA) is 32.6 Å². The minimum absolute atomic E-state index is 0.0832. The van der Waals surface area contributed by atoms with Gasteiger partial charge in [0.15, 0.2) is 0 Å².